The topological polar surface area (TPSA) is 49.3 Å². The first-order valence-electron chi connectivity index (χ1n) is 11.0. The number of rotatable bonds is 5. The minimum Gasteiger partial charge on any atom is -0.336 e. The average molecular weight is 415 g/mol. The molecule has 0 aliphatic carbocycles. The van der Waals surface area contributed by atoms with Gasteiger partial charge in [0.2, 0.25) is 0 Å². The molecule has 0 saturated carbocycles. The zero-order valence-electron chi connectivity index (χ0n) is 18.5. The van der Waals surface area contributed by atoms with Crippen LogP contribution in [0.1, 0.15) is 58.8 Å². The maximum atomic E-state index is 13.1. The molecular formula is C26H30N4O. The first kappa shape index (κ1) is 21.2. The van der Waals surface area contributed by atoms with Crippen LogP contribution in [0, 0.1) is 6.92 Å². The third-order valence-electron chi connectivity index (χ3n) is 5.94. The maximum absolute atomic E-state index is 13.1. The van der Waals surface area contributed by atoms with Gasteiger partial charge in [0.25, 0.3) is 5.91 Å². The van der Waals surface area contributed by atoms with Gasteiger partial charge in [0.1, 0.15) is 5.82 Å². The number of aryl methyl sites for hydroxylation is 1. The lowest BCUT2D eigenvalue weighted by atomic mass is 9.96. The fraction of sp³-hybridized carbons (Fsp3) is 0.346. The zero-order valence-corrected chi connectivity index (χ0v) is 18.5. The minimum absolute atomic E-state index is 0.0310. The second-order valence-corrected chi connectivity index (χ2v) is 8.43. The van der Waals surface area contributed by atoms with Crippen LogP contribution in [-0.4, -0.2) is 51.9 Å². The van der Waals surface area contributed by atoms with Crippen LogP contribution < -0.4 is 0 Å². The van der Waals surface area contributed by atoms with Crippen molar-refractivity contribution in [3.05, 3.63) is 95.1 Å². The smallest absolute Gasteiger partial charge is 0.257 e. The lowest BCUT2D eigenvalue weighted by molar-refractivity contribution is 0.0595. The summed E-state index contributed by atoms with van der Waals surface area (Å²) in [6.45, 7) is 9.06. The van der Waals surface area contributed by atoms with E-state index in [9.17, 15) is 4.79 Å². The second kappa shape index (κ2) is 9.40. The van der Waals surface area contributed by atoms with Crippen molar-refractivity contribution >= 4 is 5.91 Å². The van der Waals surface area contributed by atoms with Crippen molar-refractivity contribution in [3.63, 3.8) is 0 Å². The Morgan fingerprint density at radius 3 is 1.90 bits per heavy atom. The number of carbonyl (C=O) groups excluding carboxylic acids is 1. The summed E-state index contributed by atoms with van der Waals surface area (Å²) in [5, 5.41) is 0. The van der Waals surface area contributed by atoms with Gasteiger partial charge in [-0.3, -0.25) is 9.69 Å². The van der Waals surface area contributed by atoms with Crippen LogP contribution in [0.3, 0.4) is 0 Å². The number of aromatic nitrogens is 2. The molecule has 1 amide bonds. The van der Waals surface area contributed by atoms with Crippen LogP contribution in [-0.2, 0) is 0 Å². The molecule has 5 heteroatoms. The Balaban J connectivity index is 1.50. The number of piperazine rings is 1. The highest BCUT2D eigenvalue weighted by molar-refractivity contribution is 5.95. The highest BCUT2D eigenvalue weighted by atomic mass is 16.2. The van der Waals surface area contributed by atoms with Gasteiger partial charge in [0.05, 0.1) is 17.3 Å². The molecule has 1 saturated heterocycles. The minimum atomic E-state index is 0.0310. The number of hydrogen-bond acceptors (Lipinski definition) is 4. The molecule has 1 fully saturated rings. The van der Waals surface area contributed by atoms with Crippen LogP contribution >= 0.6 is 0 Å². The lowest BCUT2D eigenvalue weighted by Gasteiger charge is -2.40. The van der Waals surface area contributed by atoms with E-state index in [1.54, 1.807) is 6.20 Å². The number of hydrogen-bond donors (Lipinski definition) is 0. The molecule has 0 bridgehead atoms. The summed E-state index contributed by atoms with van der Waals surface area (Å²) < 4.78 is 0. The van der Waals surface area contributed by atoms with Crippen molar-refractivity contribution in [2.45, 2.75) is 32.7 Å². The fourth-order valence-electron chi connectivity index (χ4n) is 4.21. The van der Waals surface area contributed by atoms with Crippen LogP contribution in [0.5, 0.6) is 0 Å². The number of nitrogens with zero attached hydrogens (tertiary/aromatic N) is 4. The predicted octanol–water partition coefficient (Wildman–Crippen LogP) is 4.46. The highest BCUT2D eigenvalue weighted by Gasteiger charge is 2.29. The van der Waals surface area contributed by atoms with Gasteiger partial charge in [-0.05, 0) is 18.1 Å². The first-order chi connectivity index (χ1) is 15.0. The summed E-state index contributed by atoms with van der Waals surface area (Å²) in [5.41, 5.74) is 3.93. The summed E-state index contributed by atoms with van der Waals surface area (Å²) in [6, 6.07) is 21.4. The molecule has 160 valence electrons. The van der Waals surface area contributed by atoms with E-state index in [4.69, 9.17) is 0 Å². The monoisotopic (exact) mass is 414 g/mol. The van der Waals surface area contributed by atoms with E-state index in [0.717, 1.165) is 24.6 Å². The van der Waals surface area contributed by atoms with Gasteiger partial charge >= 0.3 is 0 Å². The van der Waals surface area contributed by atoms with Crippen LogP contribution in [0.25, 0.3) is 0 Å². The van der Waals surface area contributed by atoms with E-state index in [2.05, 4.69) is 89.4 Å². The largest absolute Gasteiger partial charge is 0.336 e. The Hall–Kier alpha value is -3.05. The fourth-order valence-corrected chi connectivity index (χ4v) is 4.21. The van der Waals surface area contributed by atoms with Crippen LogP contribution in [0.4, 0.5) is 0 Å². The van der Waals surface area contributed by atoms with E-state index >= 15 is 0 Å². The van der Waals surface area contributed by atoms with E-state index in [1.807, 2.05) is 11.8 Å². The lowest BCUT2D eigenvalue weighted by Crippen LogP contribution is -2.50. The quantitative estimate of drug-likeness (QED) is 0.619. The summed E-state index contributed by atoms with van der Waals surface area (Å²) >= 11 is 0. The molecule has 1 aliphatic rings. The number of carbonyl (C=O) groups is 1. The summed E-state index contributed by atoms with van der Waals surface area (Å²) in [7, 11) is 0. The number of amides is 1. The molecule has 0 unspecified atom stereocenters. The van der Waals surface area contributed by atoms with Crippen molar-refractivity contribution in [2.75, 3.05) is 26.2 Å². The van der Waals surface area contributed by atoms with Gasteiger partial charge in [-0.15, -0.1) is 0 Å². The third kappa shape index (κ3) is 4.67. The Bertz CT molecular complexity index is 973. The summed E-state index contributed by atoms with van der Waals surface area (Å²) in [5.74, 6) is 1.06. The maximum Gasteiger partial charge on any atom is 0.257 e. The molecule has 1 aliphatic heterocycles. The number of benzene rings is 2. The van der Waals surface area contributed by atoms with E-state index in [-0.39, 0.29) is 17.9 Å². The second-order valence-electron chi connectivity index (χ2n) is 8.43. The summed E-state index contributed by atoms with van der Waals surface area (Å²) in [6.07, 6.45) is 1.70. The van der Waals surface area contributed by atoms with Crippen molar-refractivity contribution in [3.8, 4) is 0 Å². The van der Waals surface area contributed by atoms with E-state index in [1.165, 1.54) is 11.1 Å². The highest BCUT2D eigenvalue weighted by Crippen LogP contribution is 2.29. The van der Waals surface area contributed by atoms with Crippen molar-refractivity contribution in [1.82, 2.24) is 19.8 Å². The molecule has 31 heavy (non-hydrogen) atoms. The summed E-state index contributed by atoms with van der Waals surface area (Å²) in [4.78, 5) is 26.5. The first-order valence-corrected chi connectivity index (χ1v) is 11.0. The van der Waals surface area contributed by atoms with Gasteiger partial charge in [-0.2, -0.15) is 0 Å². The van der Waals surface area contributed by atoms with Crippen LogP contribution in [0.2, 0.25) is 0 Å². The molecule has 1 aromatic heterocycles. The third-order valence-corrected chi connectivity index (χ3v) is 5.94. The Morgan fingerprint density at radius 1 is 0.871 bits per heavy atom. The average Bonchev–Trinajstić information content (AvgIpc) is 2.80. The van der Waals surface area contributed by atoms with Crippen molar-refractivity contribution in [1.29, 1.82) is 0 Å². The molecule has 2 aromatic carbocycles. The molecule has 0 radical (unpaired) electrons. The molecular weight excluding hydrogens is 384 g/mol. The van der Waals surface area contributed by atoms with E-state index < -0.39 is 0 Å². The predicted molar refractivity (Wildman–Crippen MR) is 123 cm³/mol. The zero-order chi connectivity index (χ0) is 21.8. The molecule has 0 spiro atoms. The normalized spacial score (nSPS) is 14.9. The van der Waals surface area contributed by atoms with Crippen molar-refractivity contribution < 1.29 is 4.79 Å². The molecule has 0 N–H and O–H groups in total. The van der Waals surface area contributed by atoms with Gasteiger partial charge in [-0.25, -0.2) is 9.97 Å². The standard InChI is InChI=1S/C26H30N4O/c1-19(2)25-27-18-23(20(3)28-25)26(31)30-16-14-29(15-17-30)24(21-10-6-4-7-11-21)22-12-8-5-9-13-22/h4-13,18-19,24H,14-17H2,1-3H3. The van der Waals surface area contributed by atoms with Crippen molar-refractivity contribution in [2.24, 2.45) is 0 Å². The van der Waals surface area contributed by atoms with E-state index in [0.29, 0.717) is 18.7 Å². The molecule has 0 atom stereocenters. The van der Waals surface area contributed by atoms with Crippen LogP contribution in [0.15, 0.2) is 66.9 Å². The molecule has 3 aromatic rings. The molecule has 2 heterocycles. The Morgan fingerprint density at radius 2 is 1.42 bits per heavy atom. The van der Waals surface area contributed by atoms with Gasteiger partial charge in [-0.1, -0.05) is 74.5 Å². The SMILES string of the molecule is Cc1nc(C(C)C)ncc1C(=O)N1CCN(C(c2ccccc2)c2ccccc2)CC1. The van der Waals surface area contributed by atoms with Gasteiger partial charge < -0.3 is 4.90 Å². The van der Waals surface area contributed by atoms with Gasteiger partial charge in [0.15, 0.2) is 0 Å². The van der Waals surface area contributed by atoms with Gasteiger partial charge in [0, 0.05) is 38.3 Å². The Labute approximate surface area is 184 Å². The molecule has 5 nitrogen and oxygen atoms in total. The Kier molecular flexibility index (Phi) is 6.42. The molecule has 4 rings (SSSR count).